The van der Waals surface area contributed by atoms with Crippen LogP contribution in [0, 0.1) is 11.3 Å². The first-order valence-electron chi connectivity index (χ1n) is 7.91. The van der Waals surface area contributed by atoms with Gasteiger partial charge in [-0.3, -0.25) is 4.79 Å². The topological polar surface area (TPSA) is 85.2 Å². The molecule has 1 aromatic heterocycles. The molecule has 0 radical (unpaired) electrons. The molecule has 0 aliphatic heterocycles. The monoisotopic (exact) mass is 343 g/mol. The van der Waals surface area contributed by atoms with Crippen LogP contribution in [0.25, 0.3) is 0 Å². The molecule has 6 heteroatoms. The van der Waals surface area contributed by atoms with E-state index in [-0.39, 0.29) is 18.6 Å². The lowest BCUT2D eigenvalue weighted by Crippen LogP contribution is -2.26. The molecular formula is C18H21N3O2S. The molecule has 2 rings (SSSR count). The van der Waals surface area contributed by atoms with Gasteiger partial charge in [-0.2, -0.15) is 5.26 Å². The predicted octanol–water partition coefficient (Wildman–Crippen LogP) is 3.05. The van der Waals surface area contributed by atoms with Crippen LogP contribution in [-0.2, 0) is 4.79 Å². The molecule has 1 unspecified atom stereocenters. The van der Waals surface area contributed by atoms with Gasteiger partial charge in [0.2, 0.25) is 5.91 Å². The molecule has 0 fully saturated rings. The maximum absolute atomic E-state index is 12.0. The third-order valence-corrected chi connectivity index (χ3v) is 4.46. The predicted molar refractivity (Wildman–Crippen MR) is 95.8 cm³/mol. The second-order valence-corrected chi connectivity index (χ2v) is 6.27. The molecule has 5 nitrogen and oxygen atoms in total. The Morgan fingerprint density at radius 1 is 1.29 bits per heavy atom. The van der Waals surface area contributed by atoms with Crippen LogP contribution in [0.3, 0.4) is 0 Å². The smallest absolute Gasteiger partial charge is 0.226 e. The van der Waals surface area contributed by atoms with Gasteiger partial charge in [0, 0.05) is 25.6 Å². The summed E-state index contributed by atoms with van der Waals surface area (Å²) in [6.45, 7) is 0.685. The Morgan fingerprint density at radius 3 is 2.79 bits per heavy atom. The van der Waals surface area contributed by atoms with E-state index in [0.717, 1.165) is 12.0 Å². The summed E-state index contributed by atoms with van der Waals surface area (Å²) in [5, 5.41) is 26.5. The van der Waals surface area contributed by atoms with Crippen LogP contribution < -0.4 is 10.6 Å². The van der Waals surface area contributed by atoms with Gasteiger partial charge in [0.15, 0.2) is 0 Å². The Kier molecular flexibility index (Phi) is 7.43. The van der Waals surface area contributed by atoms with E-state index in [1.165, 1.54) is 11.3 Å². The van der Waals surface area contributed by atoms with Crippen molar-refractivity contribution in [1.29, 1.82) is 5.26 Å². The van der Waals surface area contributed by atoms with Gasteiger partial charge < -0.3 is 15.7 Å². The van der Waals surface area contributed by atoms with Crippen molar-refractivity contribution in [2.75, 3.05) is 18.5 Å². The first-order valence-corrected chi connectivity index (χ1v) is 8.79. The summed E-state index contributed by atoms with van der Waals surface area (Å²) >= 11 is 1.35. The average molecular weight is 343 g/mol. The first kappa shape index (κ1) is 18.1. The third kappa shape index (κ3) is 5.46. The van der Waals surface area contributed by atoms with Crippen molar-refractivity contribution in [2.24, 2.45) is 0 Å². The second kappa shape index (κ2) is 9.83. The summed E-state index contributed by atoms with van der Waals surface area (Å²) in [4.78, 5) is 12.0. The molecule has 1 aromatic carbocycles. The second-order valence-electron chi connectivity index (χ2n) is 5.36. The molecule has 126 valence electrons. The number of hydrogen-bond acceptors (Lipinski definition) is 5. The minimum Gasteiger partial charge on any atom is -0.396 e. The molecule has 1 amide bonds. The lowest BCUT2D eigenvalue weighted by Gasteiger charge is -2.18. The van der Waals surface area contributed by atoms with Gasteiger partial charge in [-0.25, -0.2) is 0 Å². The van der Waals surface area contributed by atoms with Gasteiger partial charge in [0.25, 0.3) is 0 Å². The van der Waals surface area contributed by atoms with Gasteiger partial charge in [0.1, 0.15) is 11.1 Å². The van der Waals surface area contributed by atoms with Gasteiger partial charge >= 0.3 is 0 Å². The Hall–Kier alpha value is -2.20. The van der Waals surface area contributed by atoms with Crippen molar-refractivity contribution < 1.29 is 9.90 Å². The van der Waals surface area contributed by atoms with E-state index in [2.05, 4.69) is 16.7 Å². The van der Waals surface area contributed by atoms with E-state index in [0.29, 0.717) is 30.0 Å². The van der Waals surface area contributed by atoms with Gasteiger partial charge in [0.05, 0.1) is 5.56 Å². The van der Waals surface area contributed by atoms with Crippen LogP contribution in [-0.4, -0.2) is 24.2 Å². The number of rotatable bonds is 9. The minimum absolute atomic E-state index is 0.113. The number of nitrogens with one attached hydrogen (secondary N) is 2. The standard InChI is InChI=1S/C18H21N3O2S/c19-13-15-9-12-24-18(15)21-17(23)8-10-20-16(7-4-11-22)14-5-2-1-3-6-14/h1-3,5-6,9,12,16,20,22H,4,7-8,10-11H2,(H,21,23). The zero-order valence-corrected chi connectivity index (χ0v) is 14.2. The van der Waals surface area contributed by atoms with Gasteiger partial charge in [-0.1, -0.05) is 30.3 Å². The molecule has 1 heterocycles. The number of benzene rings is 1. The number of anilines is 1. The van der Waals surface area contributed by atoms with Crippen LogP contribution in [0.15, 0.2) is 41.8 Å². The summed E-state index contributed by atoms with van der Waals surface area (Å²) in [5.41, 5.74) is 1.64. The van der Waals surface area contributed by atoms with E-state index in [1.807, 2.05) is 30.3 Å². The number of thiophene rings is 1. The molecule has 2 aromatic rings. The summed E-state index contributed by atoms with van der Waals surface area (Å²) in [7, 11) is 0. The zero-order chi connectivity index (χ0) is 17.2. The Balaban J connectivity index is 1.83. The molecule has 24 heavy (non-hydrogen) atoms. The highest BCUT2D eigenvalue weighted by molar-refractivity contribution is 7.14. The summed E-state index contributed by atoms with van der Waals surface area (Å²) in [6.07, 6.45) is 1.84. The molecule has 1 atom stereocenters. The van der Waals surface area contributed by atoms with Crippen molar-refractivity contribution in [3.05, 3.63) is 52.9 Å². The van der Waals surface area contributed by atoms with E-state index in [1.54, 1.807) is 11.4 Å². The summed E-state index contributed by atoms with van der Waals surface area (Å²) < 4.78 is 0. The van der Waals surface area contributed by atoms with Crippen LogP contribution in [0.1, 0.15) is 36.4 Å². The Morgan fingerprint density at radius 2 is 2.08 bits per heavy atom. The molecular weight excluding hydrogens is 322 g/mol. The minimum atomic E-state index is -0.115. The highest BCUT2D eigenvalue weighted by Gasteiger charge is 2.12. The van der Waals surface area contributed by atoms with Crippen LogP contribution in [0.4, 0.5) is 5.00 Å². The quantitative estimate of drug-likeness (QED) is 0.653. The normalized spacial score (nSPS) is 11.7. The highest BCUT2D eigenvalue weighted by atomic mass is 32.1. The summed E-state index contributed by atoms with van der Waals surface area (Å²) in [5.74, 6) is -0.115. The van der Waals surface area contributed by atoms with E-state index in [9.17, 15) is 4.79 Å². The average Bonchev–Trinajstić information content (AvgIpc) is 3.05. The maximum Gasteiger partial charge on any atom is 0.226 e. The number of aliphatic hydroxyl groups excluding tert-OH is 1. The number of nitrogens with zero attached hydrogens (tertiary/aromatic N) is 1. The fraction of sp³-hybridized carbons (Fsp3) is 0.333. The number of nitriles is 1. The van der Waals surface area contributed by atoms with Crippen molar-refractivity contribution in [3.8, 4) is 6.07 Å². The molecule has 0 aliphatic rings. The SMILES string of the molecule is N#Cc1ccsc1NC(=O)CCNC(CCCO)c1ccccc1. The molecule has 0 bridgehead atoms. The fourth-order valence-corrected chi connectivity index (χ4v) is 3.16. The molecule has 0 aliphatic carbocycles. The number of carbonyl (C=O) groups is 1. The Bertz CT molecular complexity index is 679. The van der Waals surface area contributed by atoms with Crippen molar-refractivity contribution in [1.82, 2.24) is 5.32 Å². The lowest BCUT2D eigenvalue weighted by atomic mass is 10.0. The first-order chi connectivity index (χ1) is 11.7. The third-order valence-electron chi connectivity index (χ3n) is 3.63. The lowest BCUT2D eigenvalue weighted by molar-refractivity contribution is -0.116. The highest BCUT2D eigenvalue weighted by Crippen LogP contribution is 2.22. The maximum atomic E-state index is 12.0. The molecule has 0 saturated heterocycles. The van der Waals surface area contributed by atoms with Crippen LogP contribution >= 0.6 is 11.3 Å². The van der Waals surface area contributed by atoms with Gasteiger partial charge in [-0.05, 0) is 29.9 Å². The van der Waals surface area contributed by atoms with Crippen LogP contribution in [0.2, 0.25) is 0 Å². The number of carbonyl (C=O) groups excluding carboxylic acids is 1. The van der Waals surface area contributed by atoms with Crippen molar-refractivity contribution in [2.45, 2.75) is 25.3 Å². The van der Waals surface area contributed by atoms with Crippen LogP contribution in [0.5, 0.6) is 0 Å². The molecule has 3 N–H and O–H groups in total. The largest absolute Gasteiger partial charge is 0.396 e. The molecule has 0 spiro atoms. The van der Waals surface area contributed by atoms with Crippen molar-refractivity contribution >= 4 is 22.2 Å². The van der Waals surface area contributed by atoms with E-state index >= 15 is 0 Å². The molecule has 0 saturated carbocycles. The van der Waals surface area contributed by atoms with E-state index in [4.69, 9.17) is 10.4 Å². The zero-order valence-electron chi connectivity index (χ0n) is 13.4. The number of amides is 1. The number of aliphatic hydroxyl groups is 1. The summed E-state index contributed by atoms with van der Waals surface area (Å²) in [6, 6.07) is 13.9. The fourth-order valence-electron chi connectivity index (χ4n) is 2.41. The van der Waals surface area contributed by atoms with Crippen molar-refractivity contribution in [3.63, 3.8) is 0 Å². The van der Waals surface area contributed by atoms with E-state index < -0.39 is 0 Å². The number of hydrogen-bond donors (Lipinski definition) is 3. The Labute approximate surface area is 145 Å². The van der Waals surface area contributed by atoms with Gasteiger partial charge in [-0.15, -0.1) is 11.3 Å².